The zero-order valence-electron chi connectivity index (χ0n) is 10.2. The Morgan fingerprint density at radius 2 is 1.07 bits per heavy atom. The smallest absolute Gasteiger partial charge is 0.147 e. The van der Waals surface area contributed by atoms with Gasteiger partial charge in [0.25, 0.3) is 0 Å². The summed E-state index contributed by atoms with van der Waals surface area (Å²) in [6.45, 7) is 4.59. The van der Waals surface area contributed by atoms with E-state index in [-0.39, 0.29) is 12.4 Å². The number of unbranched alkanes of at least 4 members (excludes halogenated alkanes) is 6. The topological polar surface area (TPSA) is 0 Å². The SMILES string of the molecule is CCCCC[CH2][AlH][CH2]CCCCC.Cl. The monoisotopic (exact) mass is 234 g/mol. The molecule has 0 radical (unpaired) electrons. The van der Waals surface area contributed by atoms with Gasteiger partial charge in [0.2, 0.25) is 15.2 Å². The second-order valence-corrected chi connectivity index (χ2v) is 6.30. The van der Waals surface area contributed by atoms with Gasteiger partial charge in [-0.1, -0.05) is 75.8 Å². The first-order valence-electron chi connectivity index (χ1n) is 6.41. The van der Waals surface area contributed by atoms with Crippen molar-refractivity contribution < 1.29 is 0 Å². The maximum Gasteiger partial charge on any atom is 0.236 e. The van der Waals surface area contributed by atoms with E-state index in [9.17, 15) is 0 Å². The Morgan fingerprint density at radius 1 is 0.643 bits per heavy atom. The first kappa shape index (κ1) is 17.2. The van der Waals surface area contributed by atoms with Gasteiger partial charge in [-0.3, -0.25) is 0 Å². The molecule has 0 heterocycles. The van der Waals surface area contributed by atoms with Crippen molar-refractivity contribution in [2.75, 3.05) is 0 Å². The zero-order chi connectivity index (χ0) is 9.78. The largest absolute Gasteiger partial charge is 0.236 e. The molecule has 86 valence electrons. The Labute approximate surface area is 103 Å². The maximum absolute atomic E-state index is 2.29. The van der Waals surface area contributed by atoms with Crippen molar-refractivity contribution in [1.82, 2.24) is 0 Å². The highest BCUT2D eigenvalue weighted by molar-refractivity contribution is 6.35. The summed E-state index contributed by atoms with van der Waals surface area (Å²) in [5.74, 6) is 0. The van der Waals surface area contributed by atoms with Crippen molar-refractivity contribution in [1.29, 1.82) is 0 Å². The van der Waals surface area contributed by atoms with Crippen molar-refractivity contribution in [3.63, 3.8) is 0 Å². The van der Waals surface area contributed by atoms with Gasteiger partial charge >= 0.3 is 0 Å². The molecule has 0 amide bonds. The molecule has 0 aliphatic rings. The molecule has 0 saturated carbocycles. The third-order valence-electron chi connectivity index (χ3n) is 2.71. The van der Waals surface area contributed by atoms with E-state index in [1.54, 1.807) is 10.6 Å². The third-order valence-corrected chi connectivity index (χ3v) is 4.71. The summed E-state index contributed by atoms with van der Waals surface area (Å²) < 4.78 is 0. The van der Waals surface area contributed by atoms with E-state index in [2.05, 4.69) is 13.8 Å². The molecule has 0 saturated heterocycles. The lowest BCUT2D eigenvalue weighted by Gasteiger charge is -1.98. The van der Waals surface area contributed by atoms with E-state index in [1.807, 2.05) is 0 Å². The Hall–Kier alpha value is 0.822. The lowest BCUT2D eigenvalue weighted by molar-refractivity contribution is 0.689. The van der Waals surface area contributed by atoms with Crippen molar-refractivity contribution in [2.24, 2.45) is 0 Å². The summed E-state index contributed by atoms with van der Waals surface area (Å²) in [6, 6.07) is 0. The van der Waals surface area contributed by atoms with Gasteiger partial charge in [-0.2, -0.15) is 0 Å². The molecule has 0 fully saturated rings. The fraction of sp³-hybridized carbons (Fsp3) is 1.00. The van der Waals surface area contributed by atoms with Gasteiger partial charge in [-0.15, -0.1) is 12.4 Å². The summed E-state index contributed by atoms with van der Waals surface area (Å²) >= 11 is 0.355. The molecule has 2 heteroatoms. The van der Waals surface area contributed by atoms with E-state index in [0.717, 1.165) is 0 Å². The predicted molar refractivity (Wildman–Crippen MR) is 72.3 cm³/mol. The Morgan fingerprint density at radius 3 is 1.43 bits per heavy atom. The highest BCUT2D eigenvalue weighted by atomic mass is 35.5. The van der Waals surface area contributed by atoms with Crippen LogP contribution in [0.15, 0.2) is 0 Å². The average molecular weight is 235 g/mol. The third kappa shape index (κ3) is 15.3. The maximum atomic E-state index is 2.29. The van der Waals surface area contributed by atoms with Crippen LogP contribution in [0.25, 0.3) is 0 Å². The Balaban J connectivity index is 0. The van der Waals surface area contributed by atoms with Crippen LogP contribution in [0.3, 0.4) is 0 Å². The van der Waals surface area contributed by atoms with E-state index < -0.39 is 0 Å². The van der Waals surface area contributed by atoms with E-state index in [4.69, 9.17) is 0 Å². The average Bonchev–Trinajstić information content (AvgIpc) is 2.16. The lowest BCUT2D eigenvalue weighted by atomic mass is 10.2. The highest BCUT2D eigenvalue weighted by Gasteiger charge is 1.94. The molecule has 0 spiro atoms. The normalized spacial score (nSPS) is 9.57. The second-order valence-electron chi connectivity index (χ2n) is 4.18. The van der Waals surface area contributed by atoms with Crippen LogP contribution in [0, 0.1) is 0 Å². The molecule has 0 N–H and O–H groups in total. The quantitative estimate of drug-likeness (QED) is 0.375. The minimum Gasteiger partial charge on any atom is -0.147 e. The van der Waals surface area contributed by atoms with Crippen LogP contribution in [0.4, 0.5) is 0 Å². The fourth-order valence-corrected chi connectivity index (χ4v) is 3.51. The molecule has 0 aliphatic heterocycles. The predicted octanol–water partition coefficient (Wildman–Crippen LogP) is 4.84. The molecule has 0 aliphatic carbocycles. The van der Waals surface area contributed by atoms with Crippen molar-refractivity contribution in [3.8, 4) is 0 Å². The van der Waals surface area contributed by atoms with Gasteiger partial charge in [-0.05, 0) is 0 Å². The van der Waals surface area contributed by atoms with Gasteiger partial charge in [0.05, 0.1) is 0 Å². The molecule has 0 bridgehead atoms. The van der Waals surface area contributed by atoms with Crippen LogP contribution >= 0.6 is 12.4 Å². The molecule has 0 rings (SSSR count). The van der Waals surface area contributed by atoms with Crippen LogP contribution < -0.4 is 0 Å². The molecule has 0 atom stereocenters. The molecular formula is C12H28AlCl. The molecule has 14 heavy (non-hydrogen) atoms. The van der Waals surface area contributed by atoms with Crippen LogP contribution in [0.1, 0.15) is 65.2 Å². The summed E-state index contributed by atoms with van der Waals surface area (Å²) in [7, 11) is 0. The molecule has 0 aromatic rings. The van der Waals surface area contributed by atoms with E-state index >= 15 is 0 Å². The van der Waals surface area contributed by atoms with Crippen molar-refractivity contribution in [2.45, 2.75) is 75.8 Å². The first-order valence-corrected chi connectivity index (χ1v) is 8.41. The second kappa shape index (κ2) is 16.3. The summed E-state index contributed by atoms with van der Waals surface area (Å²) in [5, 5.41) is 3.23. The first-order chi connectivity index (χ1) is 6.41. The molecule has 0 aromatic carbocycles. The lowest BCUT2D eigenvalue weighted by Crippen LogP contribution is -1.89. The minimum absolute atomic E-state index is 0. The fourth-order valence-electron chi connectivity index (χ4n) is 1.74. The van der Waals surface area contributed by atoms with Gasteiger partial charge < -0.3 is 0 Å². The highest BCUT2D eigenvalue weighted by Crippen LogP contribution is 2.06. The van der Waals surface area contributed by atoms with E-state index in [0.29, 0.717) is 15.2 Å². The van der Waals surface area contributed by atoms with Gasteiger partial charge in [0, 0.05) is 0 Å². The number of hydrogen-bond acceptors (Lipinski definition) is 0. The van der Waals surface area contributed by atoms with Gasteiger partial charge in [0.1, 0.15) is 0 Å². The van der Waals surface area contributed by atoms with Crippen molar-refractivity contribution >= 4 is 27.6 Å². The molecule has 0 unspecified atom stereocenters. The Bertz CT molecular complexity index is 76.4. The number of rotatable bonds is 10. The van der Waals surface area contributed by atoms with Crippen LogP contribution in [-0.4, -0.2) is 15.2 Å². The minimum atomic E-state index is 0. The van der Waals surface area contributed by atoms with Crippen LogP contribution in [-0.2, 0) is 0 Å². The molecule has 0 nitrogen and oxygen atoms in total. The van der Waals surface area contributed by atoms with Gasteiger partial charge in [-0.25, -0.2) is 0 Å². The van der Waals surface area contributed by atoms with Crippen LogP contribution in [0.5, 0.6) is 0 Å². The van der Waals surface area contributed by atoms with Gasteiger partial charge in [0.15, 0.2) is 0 Å². The summed E-state index contributed by atoms with van der Waals surface area (Å²) in [6.07, 6.45) is 11.8. The standard InChI is InChI=1S/2C6H13.Al.ClH.H/c2*1-3-5-6-4-2;;;/h2*1,3-6H2,2H3;;1H;. The zero-order valence-corrected chi connectivity index (χ0v) is 12.4. The summed E-state index contributed by atoms with van der Waals surface area (Å²) in [4.78, 5) is 0. The summed E-state index contributed by atoms with van der Waals surface area (Å²) in [5.41, 5.74) is 0. The van der Waals surface area contributed by atoms with Crippen LogP contribution in [0.2, 0.25) is 10.6 Å². The molecule has 0 aromatic heterocycles. The Kier molecular flexibility index (Phi) is 20.0. The number of hydrogen-bond donors (Lipinski definition) is 0. The van der Waals surface area contributed by atoms with E-state index in [1.165, 1.54) is 51.4 Å². The number of halogens is 1. The van der Waals surface area contributed by atoms with Crippen molar-refractivity contribution in [3.05, 3.63) is 0 Å². The molecular weight excluding hydrogens is 207 g/mol.